The number of amides is 1. The van der Waals surface area contributed by atoms with E-state index in [4.69, 9.17) is 0 Å². The standard InChI is InChI=1S/C17H19N7O/c25-17(13-5-6-16-20-18-11-22(16)8-13)24-7-1-2-14(24)9-23-10-15(19-21-23)12-3-4-12/h5-6,8,10-12,14H,1-4,7,9H2/t14-/m0/s1. The molecule has 2 aliphatic rings. The molecule has 3 aromatic heterocycles. The van der Waals surface area contributed by atoms with E-state index in [2.05, 4.69) is 20.5 Å². The van der Waals surface area contributed by atoms with Crippen LogP contribution in [0.1, 0.15) is 47.7 Å². The number of likely N-dealkylation sites (tertiary alicyclic amines) is 1. The van der Waals surface area contributed by atoms with Crippen molar-refractivity contribution in [1.29, 1.82) is 0 Å². The molecule has 4 heterocycles. The Morgan fingerprint density at radius 2 is 2.08 bits per heavy atom. The number of rotatable bonds is 4. The van der Waals surface area contributed by atoms with Crippen molar-refractivity contribution in [2.24, 2.45) is 0 Å². The molecule has 0 bridgehead atoms. The molecular formula is C17H19N7O. The third-order valence-electron chi connectivity index (χ3n) is 5.13. The predicted molar refractivity (Wildman–Crippen MR) is 89.0 cm³/mol. The highest BCUT2D eigenvalue weighted by molar-refractivity contribution is 5.94. The number of aromatic nitrogens is 6. The molecule has 2 fully saturated rings. The predicted octanol–water partition coefficient (Wildman–Crippen LogP) is 1.50. The molecule has 0 N–H and O–H groups in total. The van der Waals surface area contributed by atoms with E-state index < -0.39 is 0 Å². The molecule has 1 saturated carbocycles. The third kappa shape index (κ3) is 2.67. The highest BCUT2D eigenvalue weighted by atomic mass is 16.2. The Kier molecular flexibility index (Phi) is 3.29. The fourth-order valence-corrected chi connectivity index (χ4v) is 3.60. The van der Waals surface area contributed by atoms with E-state index in [-0.39, 0.29) is 11.9 Å². The molecular weight excluding hydrogens is 318 g/mol. The number of carbonyl (C=O) groups excluding carboxylic acids is 1. The lowest BCUT2D eigenvalue weighted by molar-refractivity contribution is 0.0720. The average molecular weight is 337 g/mol. The number of hydrogen-bond donors (Lipinski definition) is 0. The quantitative estimate of drug-likeness (QED) is 0.721. The van der Waals surface area contributed by atoms with Gasteiger partial charge in [-0.05, 0) is 37.8 Å². The first kappa shape index (κ1) is 14.6. The second kappa shape index (κ2) is 5.65. The fourth-order valence-electron chi connectivity index (χ4n) is 3.60. The topological polar surface area (TPSA) is 81.2 Å². The van der Waals surface area contributed by atoms with Gasteiger partial charge in [-0.2, -0.15) is 0 Å². The van der Waals surface area contributed by atoms with Gasteiger partial charge in [0, 0.05) is 24.9 Å². The third-order valence-corrected chi connectivity index (χ3v) is 5.13. The lowest BCUT2D eigenvalue weighted by Crippen LogP contribution is -2.38. The Morgan fingerprint density at radius 1 is 1.16 bits per heavy atom. The molecule has 0 unspecified atom stereocenters. The summed E-state index contributed by atoms with van der Waals surface area (Å²) in [6.45, 7) is 1.49. The highest BCUT2D eigenvalue weighted by Gasteiger charge is 2.31. The van der Waals surface area contributed by atoms with Crippen molar-refractivity contribution < 1.29 is 4.79 Å². The molecule has 0 radical (unpaired) electrons. The summed E-state index contributed by atoms with van der Waals surface area (Å²) in [5.74, 6) is 0.659. The van der Waals surface area contributed by atoms with Crippen LogP contribution in [0.15, 0.2) is 30.9 Å². The molecule has 3 aromatic rings. The fraction of sp³-hybridized carbons (Fsp3) is 0.471. The van der Waals surface area contributed by atoms with Crippen molar-refractivity contribution in [3.05, 3.63) is 42.1 Å². The van der Waals surface area contributed by atoms with E-state index in [1.54, 1.807) is 16.9 Å². The molecule has 0 aromatic carbocycles. The summed E-state index contributed by atoms with van der Waals surface area (Å²) in [4.78, 5) is 14.9. The lowest BCUT2D eigenvalue weighted by atomic mass is 10.2. The molecule has 1 aliphatic carbocycles. The van der Waals surface area contributed by atoms with Gasteiger partial charge in [-0.25, -0.2) is 0 Å². The second-order valence-corrected chi connectivity index (χ2v) is 6.95. The zero-order valence-electron chi connectivity index (χ0n) is 13.8. The highest BCUT2D eigenvalue weighted by Crippen LogP contribution is 2.38. The largest absolute Gasteiger partial charge is 0.334 e. The van der Waals surface area contributed by atoms with Crippen LogP contribution < -0.4 is 0 Å². The maximum Gasteiger partial charge on any atom is 0.255 e. The minimum atomic E-state index is 0.0561. The molecule has 8 heteroatoms. The van der Waals surface area contributed by atoms with Gasteiger partial charge in [-0.1, -0.05) is 5.21 Å². The zero-order chi connectivity index (χ0) is 16.8. The lowest BCUT2D eigenvalue weighted by Gasteiger charge is -2.24. The summed E-state index contributed by atoms with van der Waals surface area (Å²) < 4.78 is 3.67. The average Bonchev–Trinajstić information content (AvgIpc) is 3.03. The van der Waals surface area contributed by atoms with Crippen molar-refractivity contribution in [3.8, 4) is 0 Å². The zero-order valence-corrected chi connectivity index (χ0v) is 13.8. The van der Waals surface area contributed by atoms with Crippen molar-refractivity contribution in [2.45, 2.75) is 44.2 Å². The summed E-state index contributed by atoms with van der Waals surface area (Å²) in [5, 5.41) is 16.4. The van der Waals surface area contributed by atoms with Crippen LogP contribution in [0.4, 0.5) is 0 Å². The summed E-state index contributed by atoms with van der Waals surface area (Å²) in [6.07, 6.45) is 9.92. The van der Waals surface area contributed by atoms with Crippen molar-refractivity contribution >= 4 is 11.6 Å². The Bertz CT molecular complexity index is 926. The van der Waals surface area contributed by atoms with E-state index in [1.807, 2.05) is 27.9 Å². The number of nitrogens with zero attached hydrogens (tertiary/aromatic N) is 7. The van der Waals surface area contributed by atoms with Crippen LogP contribution in [-0.4, -0.2) is 53.0 Å². The van der Waals surface area contributed by atoms with E-state index in [0.29, 0.717) is 18.0 Å². The Morgan fingerprint density at radius 3 is 2.96 bits per heavy atom. The van der Waals surface area contributed by atoms with Crippen molar-refractivity contribution in [2.75, 3.05) is 6.54 Å². The Labute approximate surface area is 144 Å². The van der Waals surface area contributed by atoms with Gasteiger partial charge in [0.2, 0.25) is 0 Å². The van der Waals surface area contributed by atoms with Gasteiger partial charge < -0.3 is 4.90 Å². The van der Waals surface area contributed by atoms with E-state index in [1.165, 1.54) is 12.8 Å². The number of hydrogen-bond acceptors (Lipinski definition) is 5. The molecule has 1 aliphatic heterocycles. The summed E-state index contributed by atoms with van der Waals surface area (Å²) in [6, 6.07) is 3.81. The van der Waals surface area contributed by atoms with Crippen LogP contribution in [0, 0.1) is 0 Å². The molecule has 128 valence electrons. The first-order chi connectivity index (χ1) is 12.3. The van der Waals surface area contributed by atoms with E-state index in [0.717, 1.165) is 30.7 Å². The van der Waals surface area contributed by atoms with Gasteiger partial charge >= 0.3 is 0 Å². The van der Waals surface area contributed by atoms with Crippen LogP contribution in [0.2, 0.25) is 0 Å². The van der Waals surface area contributed by atoms with Gasteiger partial charge in [-0.3, -0.25) is 13.9 Å². The number of carbonyl (C=O) groups is 1. The molecule has 5 rings (SSSR count). The van der Waals surface area contributed by atoms with Gasteiger partial charge in [-0.15, -0.1) is 15.3 Å². The molecule has 1 atom stereocenters. The second-order valence-electron chi connectivity index (χ2n) is 6.95. The Balaban J connectivity index is 1.34. The minimum absolute atomic E-state index is 0.0561. The molecule has 8 nitrogen and oxygen atoms in total. The monoisotopic (exact) mass is 337 g/mol. The van der Waals surface area contributed by atoms with Gasteiger partial charge in [0.15, 0.2) is 5.65 Å². The van der Waals surface area contributed by atoms with Gasteiger partial charge in [0.1, 0.15) is 6.33 Å². The Hall–Kier alpha value is -2.77. The van der Waals surface area contributed by atoms with Gasteiger partial charge in [0.05, 0.1) is 23.8 Å². The smallest absolute Gasteiger partial charge is 0.255 e. The van der Waals surface area contributed by atoms with E-state index >= 15 is 0 Å². The van der Waals surface area contributed by atoms with Crippen LogP contribution in [0.25, 0.3) is 5.65 Å². The summed E-state index contributed by atoms with van der Waals surface area (Å²) >= 11 is 0. The summed E-state index contributed by atoms with van der Waals surface area (Å²) in [7, 11) is 0. The molecule has 25 heavy (non-hydrogen) atoms. The van der Waals surface area contributed by atoms with Crippen LogP contribution in [-0.2, 0) is 6.54 Å². The SMILES string of the molecule is O=C(c1ccc2nncn2c1)N1CCC[C@H]1Cn1cc(C2CC2)nn1. The van der Waals surface area contributed by atoms with Crippen LogP contribution in [0.3, 0.4) is 0 Å². The maximum atomic E-state index is 13.0. The molecule has 1 amide bonds. The van der Waals surface area contributed by atoms with Crippen molar-refractivity contribution in [1.82, 2.24) is 34.5 Å². The van der Waals surface area contributed by atoms with Crippen LogP contribution >= 0.6 is 0 Å². The normalized spacial score (nSPS) is 20.5. The minimum Gasteiger partial charge on any atom is -0.334 e. The van der Waals surface area contributed by atoms with E-state index in [9.17, 15) is 4.79 Å². The summed E-state index contributed by atoms with van der Waals surface area (Å²) in [5.41, 5.74) is 2.50. The maximum absolute atomic E-state index is 13.0. The number of pyridine rings is 1. The molecule has 0 spiro atoms. The van der Waals surface area contributed by atoms with Crippen molar-refractivity contribution in [3.63, 3.8) is 0 Å². The molecule has 1 saturated heterocycles. The first-order valence-electron chi connectivity index (χ1n) is 8.78. The van der Waals surface area contributed by atoms with Crippen LogP contribution in [0.5, 0.6) is 0 Å². The number of fused-ring (bicyclic) bond motifs is 1. The van der Waals surface area contributed by atoms with Gasteiger partial charge in [0.25, 0.3) is 5.91 Å². The first-order valence-corrected chi connectivity index (χ1v) is 8.78.